The lowest BCUT2D eigenvalue weighted by molar-refractivity contribution is 0.102. The summed E-state index contributed by atoms with van der Waals surface area (Å²) in [6, 6.07) is 3.87. The summed E-state index contributed by atoms with van der Waals surface area (Å²) in [6.07, 6.45) is 1.45. The van der Waals surface area contributed by atoms with Gasteiger partial charge in [0, 0.05) is 24.9 Å². The molecule has 0 radical (unpaired) electrons. The molecule has 21 heavy (non-hydrogen) atoms. The zero-order valence-electron chi connectivity index (χ0n) is 10.7. The lowest BCUT2D eigenvalue weighted by atomic mass is 10.2. The molecule has 0 fully saturated rings. The number of phenolic OH excluding ortho intramolecular Hbond substituents is 1. The van der Waals surface area contributed by atoms with Gasteiger partial charge in [-0.15, -0.1) is 0 Å². The predicted molar refractivity (Wildman–Crippen MR) is 82.8 cm³/mol. The van der Waals surface area contributed by atoms with Crippen molar-refractivity contribution in [3.05, 3.63) is 55.4 Å². The third-order valence-corrected chi connectivity index (χ3v) is 3.83. The molecule has 1 aromatic heterocycles. The number of aromatic hydroxyl groups is 1. The molecule has 2 N–H and O–H groups in total. The van der Waals surface area contributed by atoms with Gasteiger partial charge in [0.2, 0.25) is 0 Å². The summed E-state index contributed by atoms with van der Waals surface area (Å²) in [5, 5.41) is 12.2. The number of nitrogens with zero attached hydrogens (tertiary/aromatic N) is 1. The van der Waals surface area contributed by atoms with Crippen LogP contribution < -0.4 is 10.9 Å². The molecule has 0 aliphatic carbocycles. The standard InChI is InChI=1S/C13H9Cl3N2O3/c1-18-3-2-6(4-9(18)19)13(21)17-11-10(16)7(14)5-8(15)12(11)20/h2-5,20H,1H3,(H,17,21). The van der Waals surface area contributed by atoms with E-state index in [1.54, 1.807) is 7.05 Å². The van der Waals surface area contributed by atoms with E-state index in [4.69, 9.17) is 34.8 Å². The lowest BCUT2D eigenvalue weighted by Crippen LogP contribution is -2.20. The number of halogens is 3. The molecular formula is C13H9Cl3N2O3. The number of nitrogens with one attached hydrogen (secondary N) is 1. The van der Waals surface area contributed by atoms with Crippen LogP contribution in [0.1, 0.15) is 10.4 Å². The fourth-order valence-corrected chi connectivity index (χ4v) is 2.23. The third-order valence-electron chi connectivity index (χ3n) is 2.75. The van der Waals surface area contributed by atoms with E-state index in [0.29, 0.717) is 0 Å². The lowest BCUT2D eigenvalue weighted by Gasteiger charge is -2.12. The maximum atomic E-state index is 12.1. The van der Waals surface area contributed by atoms with Crippen LogP contribution in [0.2, 0.25) is 15.1 Å². The van der Waals surface area contributed by atoms with Gasteiger partial charge in [0.15, 0.2) is 5.75 Å². The van der Waals surface area contributed by atoms with Crippen LogP contribution in [0, 0.1) is 0 Å². The van der Waals surface area contributed by atoms with Crippen molar-refractivity contribution in [1.82, 2.24) is 4.57 Å². The van der Waals surface area contributed by atoms with Gasteiger partial charge in [-0.1, -0.05) is 34.8 Å². The summed E-state index contributed by atoms with van der Waals surface area (Å²) in [5.74, 6) is -1.02. The minimum atomic E-state index is -0.622. The van der Waals surface area contributed by atoms with Gasteiger partial charge in [0.05, 0.1) is 15.1 Å². The second-order valence-electron chi connectivity index (χ2n) is 4.20. The zero-order valence-corrected chi connectivity index (χ0v) is 12.9. The maximum absolute atomic E-state index is 12.1. The first-order valence-electron chi connectivity index (χ1n) is 5.65. The van der Waals surface area contributed by atoms with Gasteiger partial charge >= 0.3 is 0 Å². The molecule has 110 valence electrons. The van der Waals surface area contributed by atoms with Crippen LogP contribution in [0.3, 0.4) is 0 Å². The number of benzene rings is 1. The van der Waals surface area contributed by atoms with E-state index in [2.05, 4.69) is 5.32 Å². The van der Waals surface area contributed by atoms with Gasteiger partial charge in [-0.3, -0.25) is 9.59 Å². The van der Waals surface area contributed by atoms with Gasteiger partial charge in [0.1, 0.15) is 5.69 Å². The van der Waals surface area contributed by atoms with Crippen molar-refractivity contribution in [3.63, 3.8) is 0 Å². The van der Waals surface area contributed by atoms with E-state index in [1.165, 1.54) is 22.9 Å². The van der Waals surface area contributed by atoms with E-state index in [0.717, 1.165) is 6.07 Å². The highest BCUT2D eigenvalue weighted by Gasteiger charge is 2.18. The summed E-state index contributed by atoms with van der Waals surface area (Å²) in [5.41, 5.74) is -0.341. The Labute approximate surface area is 134 Å². The fourth-order valence-electron chi connectivity index (χ4n) is 1.58. The normalized spacial score (nSPS) is 10.5. The highest BCUT2D eigenvalue weighted by molar-refractivity contribution is 6.46. The van der Waals surface area contributed by atoms with Gasteiger partial charge < -0.3 is 15.0 Å². The Morgan fingerprint density at radius 1 is 1.24 bits per heavy atom. The molecule has 0 saturated carbocycles. The van der Waals surface area contributed by atoms with E-state index in [-0.39, 0.29) is 31.9 Å². The Bertz CT molecular complexity index is 761. The highest BCUT2D eigenvalue weighted by Crippen LogP contribution is 2.42. The van der Waals surface area contributed by atoms with E-state index < -0.39 is 11.7 Å². The minimum Gasteiger partial charge on any atom is -0.504 e. The van der Waals surface area contributed by atoms with E-state index >= 15 is 0 Å². The summed E-state index contributed by atoms with van der Waals surface area (Å²) in [4.78, 5) is 23.6. The van der Waals surface area contributed by atoms with Crippen molar-refractivity contribution < 1.29 is 9.90 Å². The summed E-state index contributed by atoms with van der Waals surface area (Å²) < 4.78 is 1.32. The molecule has 5 nitrogen and oxygen atoms in total. The number of aromatic nitrogens is 1. The van der Waals surface area contributed by atoms with Crippen molar-refractivity contribution in [2.75, 3.05) is 5.32 Å². The Morgan fingerprint density at radius 2 is 1.90 bits per heavy atom. The fraction of sp³-hybridized carbons (Fsp3) is 0.0769. The maximum Gasteiger partial charge on any atom is 0.256 e. The molecule has 2 rings (SSSR count). The van der Waals surface area contributed by atoms with Crippen LogP contribution >= 0.6 is 34.8 Å². The summed E-state index contributed by atoms with van der Waals surface area (Å²) in [6.45, 7) is 0. The van der Waals surface area contributed by atoms with Crippen LogP contribution in [-0.4, -0.2) is 15.6 Å². The van der Waals surface area contributed by atoms with Crippen molar-refractivity contribution >= 4 is 46.4 Å². The Kier molecular flexibility index (Phi) is 4.46. The van der Waals surface area contributed by atoms with Crippen LogP contribution in [0.15, 0.2) is 29.2 Å². The molecule has 2 aromatic rings. The van der Waals surface area contributed by atoms with Crippen molar-refractivity contribution in [3.8, 4) is 5.75 Å². The molecule has 0 unspecified atom stereocenters. The van der Waals surface area contributed by atoms with Crippen LogP contribution in [0.25, 0.3) is 0 Å². The number of aryl methyl sites for hydroxylation is 1. The van der Waals surface area contributed by atoms with Gasteiger partial charge in [-0.2, -0.15) is 0 Å². The largest absolute Gasteiger partial charge is 0.504 e. The SMILES string of the molecule is Cn1ccc(C(=O)Nc2c(O)c(Cl)cc(Cl)c2Cl)cc1=O. The Morgan fingerprint density at radius 3 is 2.52 bits per heavy atom. The monoisotopic (exact) mass is 346 g/mol. The highest BCUT2D eigenvalue weighted by atomic mass is 35.5. The molecule has 1 amide bonds. The van der Waals surface area contributed by atoms with Crippen molar-refractivity contribution in [1.29, 1.82) is 0 Å². The first kappa shape index (κ1) is 15.7. The second kappa shape index (κ2) is 5.97. The Hall–Kier alpha value is -1.69. The molecule has 0 bridgehead atoms. The number of carbonyl (C=O) groups is 1. The molecule has 1 heterocycles. The first-order chi connectivity index (χ1) is 9.81. The van der Waals surface area contributed by atoms with E-state index in [9.17, 15) is 14.7 Å². The summed E-state index contributed by atoms with van der Waals surface area (Å²) in [7, 11) is 1.56. The molecule has 0 aliphatic heterocycles. The zero-order chi connectivity index (χ0) is 15.7. The van der Waals surface area contributed by atoms with Crippen molar-refractivity contribution in [2.45, 2.75) is 0 Å². The predicted octanol–water partition coefficient (Wildman–Crippen LogP) is 3.30. The minimum absolute atomic E-state index is 0.0456. The van der Waals surface area contributed by atoms with Gasteiger partial charge in [-0.05, 0) is 12.1 Å². The number of amides is 1. The van der Waals surface area contributed by atoms with Crippen molar-refractivity contribution in [2.24, 2.45) is 7.05 Å². The molecule has 8 heteroatoms. The number of anilines is 1. The van der Waals surface area contributed by atoms with Crippen LogP contribution in [0.4, 0.5) is 5.69 Å². The second-order valence-corrected chi connectivity index (χ2v) is 5.39. The van der Waals surface area contributed by atoms with Crippen LogP contribution in [-0.2, 0) is 7.05 Å². The van der Waals surface area contributed by atoms with E-state index in [1.807, 2.05) is 0 Å². The number of hydrogen-bond donors (Lipinski definition) is 2. The topological polar surface area (TPSA) is 71.3 Å². The molecule has 0 aliphatic rings. The first-order valence-corrected chi connectivity index (χ1v) is 6.79. The number of rotatable bonds is 2. The molecule has 0 saturated heterocycles. The third kappa shape index (κ3) is 3.15. The number of phenols is 1. The molecule has 1 aromatic carbocycles. The number of carbonyl (C=O) groups excluding carboxylic acids is 1. The van der Waals surface area contributed by atoms with Gasteiger partial charge in [-0.25, -0.2) is 0 Å². The van der Waals surface area contributed by atoms with Crippen LogP contribution in [0.5, 0.6) is 5.75 Å². The summed E-state index contributed by atoms with van der Waals surface area (Å²) >= 11 is 17.5. The average molecular weight is 348 g/mol. The van der Waals surface area contributed by atoms with Gasteiger partial charge in [0.25, 0.3) is 11.5 Å². The quantitative estimate of drug-likeness (QED) is 0.647. The average Bonchev–Trinajstić information content (AvgIpc) is 2.44. The molecule has 0 atom stereocenters. The number of hydrogen-bond acceptors (Lipinski definition) is 3. The smallest absolute Gasteiger partial charge is 0.256 e. The number of pyridine rings is 1. The molecule has 0 spiro atoms. The Balaban J connectivity index is 2.40. The molecular weight excluding hydrogens is 339 g/mol.